The van der Waals surface area contributed by atoms with E-state index in [9.17, 15) is 4.79 Å². The summed E-state index contributed by atoms with van der Waals surface area (Å²) in [6.07, 6.45) is 3.11. The van der Waals surface area contributed by atoms with Crippen molar-refractivity contribution in [1.29, 1.82) is 0 Å². The van der Waals surface area contributed by atoms with Crippen LogP contribution in [0.25, 0.3) is 0 Å². The Morgan fingerprint density at radius 2 is 2.00 bits per heavy atom. The van der Waals surface area contributed by atoms with Crippen LogP contribution in [0.2, 0.25) is 0 Å². The minimum Gasteiger partial charge on any atom is -0.460 e. The summed E-state index contributed by atoms with van der Waals surface area (Å²) in [4.78, 5) is 10.8. The fraction of sp³-hybridized carbons (Fsp3) is 0.900. The van der Waals surface area contributed by atoms with Gasteiger partial charge in [0.15, 0.2) is 0 Å². The summed E-state index contributed by atoms with van der Waals surface area (Å²) in [7, 11) is 1.68. The van der Waals surface area contributed by atoms with Crippen LogP contribution in [0.1, 0.15) is 33.1 Å². The molecule has 0 aromatic carbocycles. The highest BCUT2D eigenvalue weighted by Crippen LogP contribution is 2.27. The Morgan fingerprint density at radius 3 is 2.54 bits per heavy atom. The average Bonchev–Trinajstić information content (AvgIpc) is 2.07. The lowest BCUT2D eigenvalue weighted by Crippen LogP contribution is -2.37. The molecule has 1 fully saturated rings. The van der Waals surface area contributed by atoms with E-state index in [0.717, 1.165) is 19.3 Å². The monoisotopic (exact) mass is 186 g/mol. The van der Waals surface area contributed by atoms with Gasteiger partial charge in [-0.15, -0.1) is 0 Å². The second-order valence-corrected chi connectivity index (χ2v) is 3.84. The highest BCUT2D eigenvalue weighted by molar-refractivity contribution is 5.66. The number of carbonyl (C=O) groups excluding carboxylic acids is 1. The Kier molecular flexibility index (Phi) is 3.72. The molecule has 0 bridgehead atoms. The third-order valence-electron chi connectivity index (χ3n) is 2.61. The first kappa shape index (κ1) is 10.5. The zero-order valence-electron chi connectivity index (χ0n) is 8.58. The third-order valence-corrected chi connectivity index (χ3v) is 2.61. The maximum Gasteiger partial charge on any atom is 0.302 e. The lowest BCUT2D eigenvalue weighted by atomic mass is 9.86. The van der Waals surface area contributed by atoms with E-state index in [4.69, 9.17) is 9.47 Å². The van der Waals surface area contributed by atoms with Crippen LogP contribution in [-0.4, -0.2) is 25.3 Å². The van der Waals surface area contributed by atoms with E-state index in [2.05, 4.69) is 6.92 Å². The lowest BCUT2D eigenvalue weighted by Gasteiger charge is -2.32. The van der Waals surface area contributed by atoms with Gasteiger partial charge in [0.1, 0.15) is 6.10 Å². The molecular formula is C10H18O3. The van der Waals surface area contributed by atoms with Gasteiger partial charge >= 0.3 is 5.97 Å². The molecule has 1 saturated carbocycles. The van der Waals surface area contributed by atoms with Gasteiger partial charge in [0.25, 0.3) is 0 Å². The minimum absolute atomic E-state index is 0.0290. The molecule has 0 radical (unpaired) electrons. The van der Waals surface area contributed by atoms with Crippen LogP contribution < -0.4 is 0 Å². The normalized spacial score (nSPS) is 34.2. The van der Waals surface area contributed by atoms with Crippen molar-refractivity contribution in [2.75, 3.05) is 7.11 Å². The number of rotatable bonds is 2. The van der Waals surface area contributed by atoms with Crippen LogP contribution in [0.15, 0.2) is 0 Å². The summed E-state index contributed by atoms with van der Waals surface area (Å²) >= 11 is 0. The highest BCUT2D eigenvalue weighted by Gasteiger charge is 2.30. The van der Waals surface area contributed by atoms with Crippen molar-refractivity contribution in [1.82, 2.24) is 0 Å². The second kappa shape index (κ2) is 4.61. The van der Waals surface area contributed by atoms with E-state index in [1.807, 2.05) is 0 Å². The van der Waals surface area contributed by atoms with E-state index in [1.165, 1.54) is 6.92 Å². The Labute approximate surface area is 79.4 Å². The van der Waals surface area contributed by atoms with Crippen molar-refractivity contribution in [3.8, 4) is 0 Å². The summed E-state index contributed by atoms with van der Waals surface area (Å²) < 4.78 is 10.5. The van der Waals surface area contributed by atoms with Gasteiger partial charge < -0.3 is 9.47 Å². The van der Waals surface area contributed by atoms with Crippen LogP contribution in [-0.2, 0) is 14.3 Å². The van der Waals surface area contributed by atoms with E-state index in [-0.39, 0.29) is 18.2 Å². The molecule has 3 atom stereocenters. The van der Waals surface area contributed by atoms with Crippen LogP contribution in [0.3, 0.4) is 0 Å². The molecule has 0 heterocycles. The molecule has 0 aromatic rings. The molecule has 3 nitrogen and oxygen atoms in total. The number of carbonyl (C=O) groups is 1. The molecular weight excluding hydrogens is 168 g/mol. The van der Waals surface area contributed by atoms with Gasteiger partial charge in [-0.2, -0.15) is 0 Å². The van der Waals surface area contributed by atoms with Crippen molar-refractivity contribution in [3.05, 3.63) is 0 Å². The number of ether oxygens (including phenoxy) is 2. The van der Waals surface area contributed by atoms with Gasteiger partial charge in [-0.05, 0) is 25.2 Å². The van der Waals surface area contributed by atoms with Crippen molar-refractivity contribution in [2.45, 2.75) is 45.3 Å². The van der Waals surface area contributed by atoms with Crippen LogP contribution in [0.5, 0.6) is 0 Å². The van der Waals surface area contributed by atoms with Gasteiger partial charge in [0, 0.05) is 14.0 Å². The molecule has 3 heteroatoms. The Hall–Kier alpha value is -0.570. The summed E-state index contributed by atoms with van der Waals surface area (Å²) in [6.45, 7) is 3.65. The molecule has 1 aliphatic rings. The third kappa shape index (κ3) is 2.99. The zero-order chi connectivity index (χ0) is 9.84. The van der Waals surface area contributed by atoms with Crippen molar-refractivity contribution in [2.24, 2.45) is 5.92 Å². The first-order chi connectivity index (χ1) is 6.13. The fourth-order valence-electron chi connectivity index (χ4n) is 1.90. The fourth-order valence-corrected chi connectivity index (χ4v) is 1.90. The first-order valence-corrected chi connectivity index (χ1v) is 4.83. The van der Waals surface area contributed by atoms with Gasteiger partial charge in [0.2, 0.25) is 0 Å². The summed E-state index contributed by atoms with van der Waals surface area (Å²) in [5.74, 6) is 0.471. The number of hydrogen-bond acceptors (Lipinski definition) is 3. The van der Waals surface area contributed by atoms with Crippen molar-refractivity contribution >= 4 is 5.97 Å². The van der Waals surface area contributed by atoms with Gasteiger partial charge in [0.05, 0.1) is 6.10 Å². The molecule has 0 saturated heterocycles. The molecule has 0 aliphatic heterocycles. The highest BCUT2D eigenvalue weighted by atomic mass is 16.6. The predicted octanol–water partition coefficient (Wildman–Crippen LogP) is 1.75. The SMILES string of the molecule is COC1CC(C)CCC1OC(C)=O. The van der Waals surface area contributed by atoms with Crippen LogP contribution in [0.4, 0.5) is 0 Å². The topological polar surface area (TPSA) is 35.5 Å². The number of hydrogen-bond donors (Lipinski definition) is 0. The maximum atomic E-state index is 10.8. The van der Waals surface area contributed by atoms with E-state index >= 15 is 0 Å². The first-order valence-electron chi connectivity index (χ1n) is 4.83. The molecule has 1 rings (SSSR count). The Morgan fingerprint density at radius 1 is 1.31 bits per heavy atom. The van der Waals surface area contributed by atoms with E-state index in [0.29, 0.717) is 5.92 Å². The predicted molar refractivity (Wildman–Crippen MR) is 49.4 cm³/mol. The summed E-state index contributed by atoms with van der Waals surface area (Å²) in [5, 5.41) is 0. The zero-order valence-corrected chi connectivity index (χ0v) is 8.58. The molecule has 0 N–H and O–H groups in total. The van der Waals surface area contributed by atoms with Crippen molar-refractivity contribution in [3.63, 3.8) is 0 Å². The molecule has 13 heavy (non-hydrogen) atoms. The average molecular weight is 186 g/mol. The molecule has 0 spiro atoms. The minimum atomic E-state index is -0.207. The number of methoxy groups -OCH3 is 1. The van der Waals surface area contributed by atoms with Crippen LogP contribution in [0, 0.1) is 5.92 Å². The quantitative estimate of drug-likeness (QED) is 0.616. The maximum absolute atomic E-state index is 10.8. The molecule has 0 aromatic heterocycles. The summed E-state index contributed by atoms with van der Waals surface area (Å²) in [6, 6.07) is 0. The van der Waals surface area contributed by atoms with E-state index in [1.54, 1.807) is 7.11 Å². The lowest BCUT2D eigenvalue weighted by molar-refractivity contribution is -0.157. The van der Waals surface area contributed by atoms with Gasteiger partial charge in [-0.25, -0.2) is 0 Å². The van der Waals surface area contributed by atoms with Gasteiger partial charge in [-0.3, -0.25) is 4.79 Å². The smallest absolute Gasteiger partial charge is 0.302 e. The largest absolute Gasteiger partial charge is 0.460 e. The Bertz CT molecular complexity index is 179. The Balaban J connectivity index is 2.47. The molecule has 76 valence electrons. The number of esters is 1. The van der Waals surface area contributed by atoms with Crippen molar-refractivity contribution < 1.29 is 14.3 Å². The van der Waals surface area contributed by atoms with Gasteiger partial charge in [-0.1, -0.05) is 6.92 Å². The molecule has 1 aliphatic carbocycles. The molecule has 0 amide bonds. The van der Waals surface area contributed by atoms with Crippen LogP contribution >= 0.6 is 0 Å². The summed E-state index contributed by atoms with van der Waals surface area (Å²) in [5.41, 5.74) is 0. The molecule has 3 unspecified atom stereocenters. The standard InChI is InChI=1S/C10H18O3/c1-7-4-5-9(13-8(2)11)10(6-7)12-3/h7,9-10H,4-6H2,1-3H3. The second-order valence-electron chi connectivity index (χ2n) is 3.84. The van der Waals surface area contributed by atoms with E-state index < -0.39 is 0 Å².